The Balaban J connectivity index is 1.64. The lowest BCUT2D eigenvalue weighted by Gasteiger charge is -2.15. The highest BCUT2D eigenvalue weighted by Crippen LogP contribution is 2.29. The van der Waals surface area contributed by atoms with Crippen molar-refractivity contribution in [2.75, 3.05) is 0 Å². The van der Waals surface area contributed by atoms with E-state index in [1.807, 2.05) is 0 Å². The number of hydrogen-bond donors (Lipinski definition) is 0. The van der Waals surface area contributed by atoms with Crippen LogP contribution in [0.2, 0.25) is 0 Å². The Labute approximate surface area is 159 Å². The van der Waals surface area contributed by atoms with Gasteiger partial charge in [0.15, 0.2) is 0 Å². The Bertz CT molecular complexity index is 804. The summed E-state index contributed by atoms with van der Waals surface area (Å²) >= 11 is 0. The predicted octanol–water partition coefficient (Wildman–Crippen LogP) is 7.83. The van der Waals surface area contributed by atoms with Gasteiger partial charge >= 0.3 is 0 Å². The summed E-state index contributed by atoms with van der Waals surface area (Å²) in [6, 6.07) is 9.04. The van der Waals surface area contributed by atoms with E-state index in [0.29, 0.717) is 0 Å². The fourth-order valence-corrected chi connectivity index (χ4v) is 3.69. The first-order valence-electron chi connectivity index (χ1n) is 9.85. The molecule has 1 aromatic rings. The van der Waals surface area contributed by atoms with Gasteiger partial charge in [0.2, 0.25) is 0 Å². The van der Waals surface area contributed by atoms with Crippen molar-refractivity contribution in [2.45, 2.75) is 52.4 Å². The fraction of sp³-hybridized carbons (Fsp3) is 0.308. The summed E-state index contributed by atoms with van der Waals surface area (Å²) in [5.41, 5.74) is 9.48. The quantitative estimate of drug-likeness (QED) is 0.494. The van der Waals surface area contributed by atoms with E-state index < -0.39 is 0 Å². The second-order valence-corrected chi connectivity index (χ2v) is 7.32. The van der Waals surface area contributed by atoms with Crippen LogP contribution in [0.15, 0.2) is 84.0 Å². The zero-order valence-electron chi connectivity index (χ0n) is 16.2. The molecule has 2 aliphatic carbocycles. The highest BCUT2D eigenvalue weighted by Gasteiger charge is 2.08. The van der Waals surface area contributed by atoms with Gasteiger partial charge in [-0.1, -0.05) is 72.9 Å². The number of hydrogen-bond acceptors (Lipinski definition) is 0. The highest BCUT2D eigenvalue weighted by atomic mass is 14.1. The summed E-state index contributed by atoms with van der Waals surface area (Å²) < 4.78 is 0. The van der Waals surface area contributed by atoms with Crippen molar-refractivity contribution in [3.8, 4) is 0 Å². The van der Waals surface area contributed by atoms with Gasteiger partial charge in [0.25, 0.3) is 0 Å². The zero-order valence-corrected chi connectivity index (χ0v) is 16.2. The van der Waals surface area contributed by atoms with Gasteiger partial charge in [0.05, 0.1) is 0 Å². The van der Waals surface area contributed by atoms with Crippen LogP contribution >= 0.6 is 0 Å². The third-order valence-electron chi connectivity index (χ3n) is 5.34. The fourth-order valence-electron chi connectivity index (χ4n) is 3.69. The summed E-state index contributed by atoms with van der Waals surface area (Å²) in [5.74, 6) is 0. The molecular formula is C26H30. The molecule has 1 aromatic carbocycles. The Hall–Kier alpha value is -2.34. The molecule has 0 bridgehead atoms. The number of rotatable bonds is 6. The van der Waals surface area contributed by atoms with Gasteiger partial charge in [-0.2, -0.15) is 0 Å². The molecule has 0 amide bonds. The van der Waals surface area contributed by atoms with Crippen LogP contribution in [-0.4, -0.2) is 0 Å². The topological polar surface area (TPSA) is 0 Å². The lowest BCUT2D eigenvalue weighted by molar-refractivity contribution is 0.930. The van der Waals surface area contributed by atoms with Crippen LogP contribution in [0.25, 0.3) is 11.1 Å². The summed E-state index contributed by atoms with van der Waals surface area (Å²) in [4.78, 5) is 0. The van der Waals surface area contributed by atoms with Crippen molar-refractivity contribution < 1.29 is 0 Å². The van der Waals surface area contributed by atoms with Crippen LogP contribution in [0.5, 0.6) is 0 Å². The molecule has 0 spiro atoms. The maximum Gasteiger partial charge on any atom is -0.0187 e. The molecule has 2 aliphatic rings. The summed E-state index contributed by atoms with van der Waals surface area (Å²) in [7, 11) is 0. The van der Waals surface area contributed by atoms with E-state index in [9.17, 15) is 0 Å². The summed E-state index contributed by atoms with van der Waals surface area (Å²) in [6.07, 6.45) is 20.5. The summed E-state index contributed by atoms with van der Waals surface area (Å²) in [6.45, 7) is 8.69. The molecule has 0 unspecified atom stereocenters. The number of allylic oxidation sites excluding steroid dienone is 11. The molecule has 0 heteroatoms. The Morgan fingerprint density at radius 1 is 1.04 bits per heavy atom. The molecule has 0 nitrogen and oxygen atoms in total. The zero-order chi connectivity index (χ0) is 18.4. The van der Waals surface area contributed by atoms with E-state index in [1.54, 1.807) is 0 Å². The molecule has 0 saturated carbocycles. The van der Waals surface area contributed by atoms with Gasteiger partial charge in [0, 0.05) is 0 Å². The maximum atomic E-state index is 4.33. The van der Waals surface area contributed by atoms with E-state index in [-0.39, 0.29) is 0 Å². The van der Waals surface area contributed by atoms with E-state index in [2.05, 4.69) is 81.1 Å². The van der Waals surface area contributed by atoms with Crippen LogP contribution < -0.4 is 0 Å². The Morgan fingerprint density at radius 2 is 1.85 bits per heavy atom. The van der Waals surface area contributed by atoms with Crippen LogP contribution in [0.3, 0.4) is 0 Å². The molecular weight excluding hydrogens is 312 g/mol. The first-order valence-corrected chi connectivity index (χ1v) is 9.85. The molecule has 134 valence electrons. The van der Waals surface area contributed by atoms with Gasteiger partial charge in [-0.3, -0.25) is 0 Å². The average molecular weight is 343 g/mol. The second-order valence-electron chi connectivity index (χ2n) is 7.32. The van der Waals surface area contributed by atoms with Crippen LogP contribution in [0.4, 0.5) is 0 Å². The first kappa shape index (κ1) is 18.5. The molecule has 0 heterocycles. The van der Waals surface area contributed by atoms with Crippen molar-refractivity contribution in [1.29, 1.82) is 0 Å². The van der Waals surface area contributed by atoms with E-state index in [4.69, 9.17) is 0 Å². The molecule has 0 saturated heterocycles. The molecule has 26 heavy (non-hydrogen) atoms. The van der Waals surface area contributed by atoms with Crippen LogP contribution in [0, 0.1) is 0 Å². The van der Waals surface area contributed by atoms with Crippen molar-refractivity contribution in [2.24, 2.45) is 0 Å². The highest BCUT2D eigenvalue weighted by molar-refractivity contribution is 5.76. The lowest BCUT2D eigenvalue weighted by atomic mass is 9.91. The summed E-state index contributed by atoms with van der Waals surface area (Å²) in [5, 5.41) is 0. The van der Waals surface area contributed by atoms with Gasteiger partial charge in [0.1, 0.15) is 0 Å². The van der Waals surface area contributed by atoms with Gasteiger partial charge in [-0.25, -0.2) is 0 Å². The number of benzene rings is 1. The molecule has 0 aliphatic heterocycles. The molecule has 0 atom stereocenters. The Kier molecular flexibility index (Phi) is 6.28. The first-order chi connectivity index (χ1) is 12.7. The standard InChI is InChI=1S/C26H30/c1-4-22(14-13-21(3)26-12-8-9-20(2)19-26)24-15-17-25(18-16-24)23-10-6-5-7-11-23/h4,6,10-12,15-19H,3,5,7-9,13-14H2,1-2H3/b22-4+. The monoisotopic (exact) mass is 342 g/mol. The normalized spacial score (nSPS) is 17.5. The predicted molar refractivity (Wildman–Crippen MR) is 116 cm³/mol. The maximum absolute atomic E-state index is 4.33. The van der Waals surface area contributed by atoms with E-state index in [1.165, 1.54) is 51.8 Å². The van der Waals surface area contributed by atoms with E-state index in [0.717, 1.165) is 25.7 Å². The molecule has 0 N–H and O–H groups in total. The third kappa shape index (κ3) is 4.64. The molecule has 0 fully saturated rings. The molecule has 0 radical (unpaired) electrons. The molecule has 3 rings (SSSR count). The van der Waals surface area contributed by atoms with Crippen molar-refractivity contribution in [3.05, 3.63) is 95.1 Å². The second kappa shape index (κ2) is 8.85. The van der Waals surface area contributed by atoms with Crippen molar-refractivity contribution in [1.82, 2.24) is 0 Å². The van der Waals surface area contributed by atoms with Gasteiger partial charge in [-0.05, 0) is 85.8 Å². The van der Waals surface area contributed by atoms with Crippen molar-refractivity contribution >= 4 is 11.1 Å². The lowest BCUT2D eigenvalue weighted by Crippen LogP contribution is -1.95. The van der Waals surface area contributed by atoms with Gasteiger partial charge in [-0.15, -0.1) is 0 Å². The minimum Gasteiger partial charge on any atom is -0.0952 e. The van der Waals surface area contributed by atoms with Gasteiger partial charge < -0.3 is 0 Å². The Morgan fingerprint density at radius 3 is 2.50 bits per heavy atom. The smallest absolute Gasteiger partial charge is 0.0187 e. The van der Waals surface area contributed by atoms with Crippen LogP contribution in [0.1, 0.15) is 63.5 Å². The minimum absolute atomic E-state index is 1.02. The molecule has 0 aromatic heterocycles. The average Bonchev–Trinajstić information content (AvgIpc) is 2.69. The minimum atomic E-state index is 1.02. The van der Waals surface area contributed by atoms with Crippen LogP contribution in [-0.2, 0) is 0 Å². The van der Waals surface area contributed by atoms with Crippen molar-refractivity contribution in [3.63, 3.8) is 0 Å². The third-order valence-corrected chi connectivity index (χ3v) is 5.34. The largest absolute Gasteiger partial charge is 0.0952 e. The SMILES string of the molecule is C=C(CC/C(=C\C)c1ccc(C2=CCCC=C2)cc1)C1=CCCC(C)=C1. The van der Waals surface area contributed by atoms with E-state index >= 15 is 0 Å².